The fraction of sp³-hybridized carbons (Fsp3) is 0.619. The van der Waals surface area contributed by atoms with Crippen molar-refractivity contribution < 1.29 is 29.0 Å². The fourth-order valence-corrected chi connectivity index (χ4v) is 2.61. The molecule has 1 rings (SSSR count). The normalized spacial score (nSPS) is 14.6. The van der Waals surface area contributed by atoms with E-state index < -0.39 is 11.2 Å². The number of hydrogen-bond donors (Lipinski definition) is 3. The van der Waals surface area contributed by atoms with Crippen molar-refractivity contribution in [2.75, 3.05) is 19.7 Å². The van der Waals surface area contributed by atoms with Gasteiger partial charge < -0.3 is 20.5 Å². The van der Waals surface area contributed by atoms with Gasteiger partial charge >= 0.3 is 0 Å². The molecule has 1 aliphatic rings. The Hall–Kier alpha value is -2.52. The van der Waals surface area contributed by atoms with Gasteiger partial charge in [-0.1, -0.05) is 13.8 Å². The molecule has 3 N–H and O–H groups in total. The van der Waals surface area contributed by atoms with E-state index in [9.17, 15) is 24.3 Å². The van der Waals surface area contributed by atoms with E-state index in [1.165, 1.54) is 43.2 Å². The summed E-state index contributed by atoms with van der Waals surface area (Å²) in [4.78, 5) is 47.7. The largest absolute Gasteiger partial charge is 0.366 e. The third-order valence-electron chi connectivity index (χ3n) is 4.19. The van der Waals surface area contributed by atoms with E-state index in [1.54, 1.807) is 0 Å². The summed E-state index contributed by atoms with van der Waals surface area (Å²) in [6.07, 6.45) is 7.38. The first-order valence-corrected chi connectivity index (χ1v) is 10.0. The Balaban J connectivity index is 2.14. The summed E-state index contributed by atoms with van der Waals surface area (Å²) in [7, 11) is 0. The van der Waals surface area contributed by atoms with Crippen molar-refractivity contribution in [1.29, 1.82) is 0 Å². The van der Waals surface area contributed by atoms with Crippen molar-refractivity contribution in [1.82, 2.24) is 15.5 Å². The van der Waals surface area contributed by atoms with Crippen LogP contribution in [0.1, 0.15) is 53.4 Å². The molecule has 1 aliphatic heterocycles. The van der Waals surface area contributed by atoms with Gasteiger partial charge in [-0.25, -0.2) is 0 Å². The molecule has 9 nitrogen and oxygen atoms in total. The van der Waals surface area contributed by atoms with Gasteiger partial charge in [0.2, 0.25) is 11.8 Å². The topological polar surface area (TPSA) is 125 Å². The van der Waals surface area contributed by atoms with E-state index >= 15 is 0 Å². The van der Waals surface area contributed by atoms with E-state index in [0.29, 0.717) is 25.9 Å². The van der Waals surface area contributed by atoms with Gasteiger partial charge in [0.05, 0.1) is 6.61 Å². The zero-order chi connectivity index (χ0) is 22.8. The lowest BCUT2D eigenvalue weighted by atomic mass is 9.90. The SMILES string of the molecule is CC(C)(COC(C)(C)O)CC(=O)N/C=C\C(=O)NCCCCCN1C(=O)C=CC1=O. The summed E-state index contributed by atoms with van der Waals surface area (Å²) in [5, 5.41) is 14.8. The third kappa shape index (κ3) is 10.9. The fourth-order valence-electron chi connectivity index (χ4n) is 2.61. The first-order chi connectivity index (χ1) is 13.9. The number of imide groups is 1. The van der Waals surface area contributed by atoms with Crippen molar-refractivity contribution >= 4 is 23.6 Å². The summed E-state index contributed by atoms with van der Waals surface area (Å²) >= 11 is 0. The number of nitrogens with one attached hydrogen (secondary N) is 2. The van der Waals surface area contributed by atoms with E-state index in [1.807, 2.05) is 13.8 Å². The van der Waals surface area contributed by atoms with Crippen molar-refractivity contribution in [3.63, 3.8) is 0 Å². The number of hydrogen-bond acceptors (Lipinski definition) is 6. The second kappa shape index (κ2) is 11.6. The molecule has 0 unspecified atom stereocenters. The highest BCUT2D eigenvalue weighted by Gasteiger charge is 2.25. The van der Waals surface area contributed by atoms with Gasteiger partial charge in [-0.3, -0.25) is 24.1 Å². The number of aliphatic hydroxyl groups is 1. The van der Waals surface area contributed by atoms with Gasteiger partial charge in [-0.2, -0.15) is 0 Å². The highest BCUT2D eigenvalue weighted by atomic mass is 16.6. The van der Waals surface area contributed by atoms with Crippen LogP contribution < -0.4 is 10.6 Å². The predicted molar refractivity (Wildman–Crippen MR) is 111 cm³/mol. The molecule has 0 saturated heterocycles. The first kappa shape index (κ1) is 25.5. The van der Waals surface area contributed by atoms with E-state index in [-0.39, 0.29) is 36.7 Å². The van der Waals surface area contributed by atoms with Crippen molar-refractivity contribution in [3.05, 3.63) is 24.4 Å². The van der Waals surface area contributed by atoms with Crippen LogP contribution in [0.3, 0.4) is 0 Å². The van der Waals surface area contributed by atoms with Crippen LogP contribution in [0.25, 0.3) is 0 Å². The molecule has 0 aromatic rings. The van der Waals surface area contributed by atoms with Crippen LogP contribution in [0.5, 0.6) is 0 Å². The number of carbonyl (C=O) groups excluding carboxylic acids is 4. The molecule has 0 spiro atoms. The lowest BCUT2D eigenvalue weighted by Crippen LogP contribution is -2.33. The van der Waals surface area contributed by atoms with Gasteiger partial charge in [0.25, 0.3) is 11.8 Å². The molecule has 1 heterocycles. The number of carbonyl (C=O) groups is 4. The molecule has 0 saturated carbocycles. The lowest BCUT2D eigenvalue weighted by Gasteiger charge is -2.28. The molecule has 0 aliphatic carbocycles. The Morgan fingerprint density at radius 1 is 1.10 bits per heavy atom. The zero-order valence-electron chi connectivity index (χ0n) is 18.2. The molecule has 168 valence electrons. The lowest BCUT2D eigenvalue weighted by molar-refractivity contribution is -0.192. The maximum absolute atomic E-state index is 12.0. The zero-order valence-corrected chi connectivity index (χ0v) is 18.2. The maximum atomic E-state index is 12.0. The predicted octanol–water partition coefficient (Wildman–Crippen LogP) is 0.989. The first-order valence-electron chi connectivity index (χ1n) is 10.0. The van der Waals surface area contributed by atoms with Gasteiger partial charge in [-0.15, -0.1) is 0 Å². The van der Waals surface area contributed by atoms with Crippen molar-refractivity contribution in [3.8, 4) is 0 Å². The van der Waals surface area contributed by atoms with Crippen LogP contribution in [0.2, 0.25) is 0 Å². The highest BCUT2D eigenvalue weighted by Crippen LogP contribution is 2.22. The Labute approximate surface area is 177 Å². The summed E-state index contributed by atoms with van der Waals surface area (Å²) in [6, 6.07) is 0. The summed E-state index contributed by atoms with van der Waals surface area (Å²) < 4.78 is 5.30. The van der Waals surface area contributed by atoms with Crippen LogP contribution in [0.15, 0.2) is 24.4 Å². The summed E-state index contributed by atoms with van der Waals surface area (Å²) in [5.41, 5.74) is -0.472. The molecule has 0 bridgehead atoms. The van der Waals surface area contributed by atoms with Crippen LogP contribution in [0, 0.1) is 5.41 Å². The molecular formula is C21H33N3O6. The summed E-state index contributed by atoms with van der Waals surface area (Å²) in [6.45, 7) is 7.79. The summed E-state index contributed by atoms with van der Waals surface area (Å²) in [5.74, 6) is -2.41. The molecule has 9 heteroatoms. The highest BCUT2D eigenvalue weighted by molar-refractivity contribution is 6.12. The molecule has 0 radical (unpaired) electrons. The number of rotatable bonds is 13. The minimum atomic E-state index is -1.26. The number of nitrogens with zero attached hydrogens (tertiary/aromatic N) is 1. The molecular weight excluding hydrogens is 390 g/mol. The monoisotopic (exact) mass is 423 g/mol. The van der Waals surface area contributed by atoms with Gasteiger partial charge in [0, 0.05) is 43.9 Å². The smallest absolute Gasteiger partial charge is 0.253 e. The van der Waals surface area contributed by atoms with E-state index in [4.69, 9.17) is 4.74 Å². The maximum Gasteiger partial charge on any atom is 0.253 e. The molecule has 0 fully saturated rings. The second-order valence-corrected chi connectivity index (χ2v) is 8.49. The molecule has 30 heavy (non-hydrogen) atoms. The van der Waals surface area contributed by atoms with Gasteiger partial charge in [-0.05, 0) is 38.5 Å². The Kier molecular flexibility index (Phi) is 9.88. The average molecular weight is 424 g/mol. The number of ether oxygens (including phenoxy) is 1. The quantitative estimate of drug-likeness (QED) is 0.176. The van der Waals surface area contributed by atoms with E-state index in [0.717, 1.165) is 6.42 Å². The second-order valence-electron chi connectivity index (χ2n) is 8.49. The molecule has 0 aromatic carbocycles. The van der Waals surface area contributed by atoms with Crippen LogP contribution in [0.4, 0.5) is 0 Å². The minimum Gasteiger partial charge on any atom is -0.366 e. The van der Waals surface area contributed by atoms with Crippen LogP contribution in [-0.4, -0.2) is 59.1 Å². The average Bonchev–Trinajstić information content (AvgIpc) is 2.94. The standard InChI is InChI=1S/C21H33N3O6/c1-20(2,15-30-21(3,4)29)14-17(26)23-12-10-16(25)22-11-6-5-7-13-24-18(27)8-9-19(24)28/h8-10,12,29H,5-7,11,13-15H2,1-4H3,(H,22,25)(H,23,26)/b12-10-. The molecule has 4 amide bonds. The Morgan fingerprint density at radius 3 is 2.33 bits per heavy atom. The van der Waals surface area contributed by atoms with Crippen molar-refractivity contribution in [2.24, 2.45) is 5.41 Å². The minimum absolute atomic E-state index is 0.173. The van der Waals surface area contributed by atoms with Crippen LogP contribution in [-0.2, 0) is 23.9 Å². The van der Waals surface area contributed by atoms with E-state index in [2.05, 4.69) is 10.6 Å². The van der Waals surface area contributed by atoms with Gasteiger partial charge in [0.15, 0.2) is 5.79 Å². The molecule has 0 aromatic heterocycles. The number of amides is 4. The Morgan fingerprint density at radius 2 is 1.73 bits per heavy atom. The van der Waals surface area contributed by atoms with Crippen molar-refractivity contribution in [2.45, 2.75) is 59.2 Å². The Bertz CT molecular complexity index is 673. The van der Waals surface area contributed by atoms with Gasteiger partial charge in [0.1, 0.15) is 0 Å². The third-order valence-corrected chi connectivity index (χ3v) is 4.19. The number of unbranched alkanes of at least 4 members (excludes halogenated alkanes) is 2. The van der Waals surface area contributed by atoms with Crippen LogP contribution >= 0.6 is 0 Å². The molecule has 0 atom stereocenters.